The monoisotopic (exact) mass is 551 g/mol. The van der Waals surface area contributed by atoms with E-state index < -0.39 is 0 Å². The molecule has 2 amide bonds. The number of thiazole rings is 1. The number of thioether (sulfide) groups is 1. The van der Waals surface area contributed by atoms with E-state index in [4.69, 9.17) is 17.0 Å². The SMILES string of the molecule is COc1ccc(C=C2SC(=S)N(CCCCCC(=O)Nc3ncc(Cc4cccc(C)c4)s3)C2=O)cc1. The third kappa shape index (κ3) is 7.74. The van der Waals surface area contributed by atoms with Crippen molar-refractivity contribution in [2.45, 2.75) is 39.0 Å². The number of benzene rings is 2. The van der Waals surface area contributed by atoms with Crippen molar-refractivity contribution in [1.29, 1.82) is 0 Å². The second-order valence-corrected chi connectivity index (χ2v) is 11.6. The lowest BCUT2D eigenvalue weighted by Crippen LogP contribution is -2.29. The number of rotatable bonds is 11. The van der Waals surface area contributed by atoms with Gasteiger partial charge in [-0.15, -0.1) is 11.3 Å². The molecule has 0 atom stereocenters. The molecular formula is C28H29N3O3S3. The van der Waals surface area contributed by atoms with Crippen molar-refractivity contribution in [2.75, 3.05) is 19.0 Å². The highest BCUT2D eigenvalue weighted by Gasteiger charge is 2.31. The molecule has 2 aromatic carbocycles. The van der Waals surface area contributed by atoms with E-state index in [0.717, 1.165) is 41.9 Å². The Bertz CT molecular complexity index is 1300. The quantitative estimate of drug-likeness (QED) is 0.168. The number of unbranched alkanes of at least 4 members (excludes halogenated alkanes) is 2. The van der Waals surface area contributed by atoms with Gasteiger partial charge >= 0.3 is 0 Å². The van der Waals surface area contributed by atoms with Gasteiger partial charge in [0.2, 0.25) is 5.91 Å². The number of nitrogens with one attached hydrogen (secondary N) is 1. The van der Waals surface area contributed by atoms with Crippen LogP contribution in [-0.4, -0.2) is 39.7 Å². The third-order valence-corrected chi connectivity index (χ3v) is 8.12. The number of methoxy groups -OCH3 is 1. The first-order chi connectivity index (χ1) is 17.9. The molecule has 0 aliphatic carbocycles. The molecule has 1 N–H and O–H groups in total. The predicted molar refractivity (Wildman–Crippen MR) is 156 cm³/mol. The fourth-order valence-corrected chi connectivity index (χ4v) is 6.10. The van der Waals surface area contributed by atoms with Gasteiger partial charge in [0.25, 0.3) is 5.91 Å². The zero-order chi connectivity index (χ0) is 26.2. The van der Waals surface area contributed by atoms with E-state index in [2.05, 4.69) is 41.5 Å². The number of nitrogens with zero attached hydrogens (tertiary/aromatic N) is 2. The normalized spacial score (nSPS) is 14.4. The standard InChI is InChI=1S/C28H29N3O3S3/c1-19-7-6-8-21(15-19)16-23-18-29-27(36-23)30-25(32)9-4-3-5-14-31-26(33)24(37-28(31)35)17-20-10-12-22(34-2)13-11-20/h6-8,10-13,15,17-18H,3-5,9,14,16H2,1-2H3,(H,29,30,32). The minimum Gasteiger partial charge on any atom is -0.497 e. The van der Waals surface area contributed by atoms with Gasteiger partial charge in [0.1, 0.15) is 10.1 Å². The molecule has 6 nitrogen and oxygen atoms in total. The highest BCUT2D eigenvalue weighted by atomic mass is 32.2. The van der Waals surface area contributed by atoms with Crippen molar-refractivity contribution in [1.82, 2.24) is 9.88 Å². The summed E-state index contributed by atoms with van der Waals surface area (Å²) in [5.74, 6) is 0.672. The zero-order valence-electron chi connectivity index (χ0n) is 20.9. The van der Waals surface area contributed by atoms with Gasteiger partial charge in [-0.05, 0) is 49.1 Å². The molecule has 0 radical (unpaired) electrons. The topological polar surface area (TPSA) is 71.5 Å². The molecule has 1 saturated heterocycles. The number of thiocarbonyl (C=S) groups is 1. The minimum atomic E-state index is -0.0613. The van der Waals surface area contributed by atoms with Crippen LogP contribution in [0.4, 0.5) is 5.13 Å². The molecular weight excluding hydrogens is 523 g/mol. The van der Waals surface area contributed by atoms with Crippen LogP contribution in [0.2, 0.25) is 0 Å². The van der Waals surface area contributed by atoms with E-state index in [-0.39, 0.29) is 11.8 Å². The molecule has 37 heavy (non-hydrogen) atoms. The molecule has 0 spiro atoms. The highest BCUT2D eigenvalue weighted by Crippen LogP contribution is 2.33. The van der Waals surface area contributed by atoms with Gasteiger partial charge in [-0.2, -0.15) is 0 Å². The highest BCUT2D eigenvalue weighted by molar-refractivity contribution is 8.26. The summed E-state index contributed by atoms with van der Waals surface area (Å²) < 4.78 is 5.75. The number of hydrogen-bond donors (Lipinski definition) is 1. The molecule has 192 valence electrons. The average molecular weight is 552 g/mol. The van der Waals surface area contributed by atoms with Crippen LogP contribution >= 0.6 is 35.3 Å². The predicted octanol–water partition coefficient (Wildman–Crippen LogP) is 6.45. The number of aromatic nitrogens is 1. The number of carbonyl (C=O) groups is 2. The third-order valence-electron chi connectivity index (χ3n) is 5.83. The number of ether oxygens (including phenoxy) is 1. The van der Waals surface area contributed by atoms with Gasteiger partial charge in [0, 0.05) is 30.5 Å². The number of carbonyl (C=O) groups excluding carboxylic acids is 2. The maximum Gasteiger partial charge on any atom is 0.266 e. The van der Waals surface area contributed by atoms with E-state index in [0.29, 0.717) is 27.3 Å². The first kappa shape index (κ1) is 27.0. The van der Waals surface area contributed by atoms with Gasteiger partial charge in [-0.1, -0.05) is 72.4 Å². The Labute approximate surface area is 231 Å². The minimum absolute atomic E-state index is 0.0375. The Hall–Kier alpha value is -3.01. The summed E-state index contributed by atoms with van der Waals surface area (Å²) in [6.07, 6.45) is 7.27. The van der Waals surface area contributed by atoms with Crippen LogP contribution in [-0.2, 0) is 16.0 Å². The lowest BCUT2D eigenvalue weighted by Gasteiger charge is -2.14. The maximum absolute atomic E-state index is 12.8. The van der Waals surface area contributed by atoms with Crippen LogP contribution in [0.5, 0.6) is 5.75 Å². The van der Waals surface area contributed by atoms with Gasteiger partial charge in [-0.25, -0.2) is 4.98 Å². The number of amides is 2. The lowest BCUT2D eigenvalue weighted by atomic mass is 10.1. The Morgan fingerprint density at radius 1 is 1.16 bits per heavy atom. The summed E-state index contributed by atoms with van der Waals surface area (Å²) >= 11 is 8.27. The van der Waals surface area contributed by atoms with Gasteiger partial charge in [0.15, 0.2) is 5.13 Å². The van der Waals surface area contributed by atoms with Gasteiger partial charge in [0.05, 0.1) is 12.0 Å². The zero-order valence-corrected chi connectivity index (χ0v) is 23.3. The Morgan fingerprint density at radius 2 is 1.97 bits per heavy atom. The fraction of sp³-hybridized carbons (Fsp3) is 0.286. The number of aryl methyl sites for hydroxylation is 1. The summed E-state index contributed by atoms with van der Waals surface area (Å²) in [6.45, 7) is 2.64. The first-order valence-corrected chi connectivity index (χ1v) is 14.1. The lowest BCUT2D eigenvalue weighted by molar-refractivity contribution is -0.122. The van der Waals surface area contributed by atoms with Crippen LogP contribution < -0.4 is 10.1 Å². The molecule has 0 unspecified atom stereocenters. The second kappa shape index (κ2) is 13.0. The van der Waals surface area contributed by atoms with E-state index >= 15 is 0 Å². The van der Waals surface area contributed by atoms with Gasteiger partial charge in [-0.3, -0.25) is 14.5 Å². The second-order valence-electron chi connectivity index (χ2n) is 8.76. The maximum atomic E-state index is 12.8. The summed E-state index contributed by atoms with van der Waals surface area (Å²) in [4.78, 5) is 32.9. The van der Waals surface area contributed by atoms with Crippen LogP contribution in [0.1, 0.15) is 47.3 Å². The van der Waals surface area contributed by atoms with Crippen molar-refractivity contribution in [3.05, 3.63) is 81.2 Å². The van der Waals surface area contributed by atoms with Crippen molar-refractivity contribution >= 4 is 62.7 Å². The molecule has 4 rings (SSSR count). The van der Waals surface area contributed by atoms with Crippen molar-refractivity contribution in [2.24, 2.45) is 0 Å². The van der Waals surface area contributed by atoms with Crippen LogP contribution in [0.3, 0.4) is 0 Å². The number of anilines is 1. The van der Waals surface area contributed by atoms with E-state index in [1.165, 1.54) is 34.2 Å². The largest absolute Gasteiger partial charge is 0.497 e. The summed E-state index contributed by atoms with van der Waals surface area (Å²) in [6, 6.07) is 15.9. The summed E-state index contributed by atoms with van der Waals surface area (Å²) in [5.41, 5.74) is 3.39. The fourth-order valence-electron chi connectivity index (χ4n) is 3.93. The van der Waals surface area contributed by atoms with Crippen molar-refractivity contribution in [3.8, 4) is 5.75 Å². The van der Waals surface area contributed by atoms with E-state index in [1.54, 1.807) is 12.0 Å². The summed E-state index contributed by atoms with van der Waals surface area (Å²) in [7, 11) is 1.62. The van der Waals surface area contributed by atoms with E-state index in [1.807, 2.05) is 36.5 Å². The molecule has 0 bridgehead atoms. The molecule has 1 aromatic heterocycles. The molecule has 1 aliphatic heterocycles. The Balaban J connectivity index is 1.17. The Kier molecular flexibility index (Phi) is 9.49. The first-order valence-electron chi connectivity index (χ1n) is 12.1. The van der Waals surface area contributed by atoms with Crippen LogP contribution in [0.25, 0.3) is 6.08 Å². The smallest absolute Gasteiger partial charge is 0.266 e. The van der Waals surface area contributed by atoms with Crippen molar-refractivity contribution in [3.63, 3.8) is 0 Å². The molecule has 1 fully saturated rings. The van der Waals surface area contributed by atoms with Crippen LogP contribution in [0, 0.1) is 6.92 Å². The molecule has 0 saturated carbocycles. The average Bonchev–Trinajstić information content (AvgIpc) is 3.42. The number of hydrogen-bond acceptors (Lipinski definition) is 7. The Morgan fingerprint density at radius 3 is 2.73 bits per heavy atom. The van der Waals surface area contributed by atoms with Crippen molar-refractivity contribution < 1.29 is 14.3 Å². The van der Waals surface area contributed by atoms with E-state index in [9.17, 15) is 9.59 Å². The molecule has 2 heterocycles. The summed E-state index contributed by atoms with van der Waals surface area (Å²) in [5, 5.41) is 3.54. The van der Waals surface area contributed by atoms with Gasteiger partial charge < -0.3 is 10.1 Å². The molecule has 9 heteroatoms. The molecule has 1 aliphatic rings. The van der Waals surface area contributed by atoms with Crippen LogP contribution in [0.15, 0.2) is 59.6 Å². The molecule has 3 aromatic rings.